The maximum absolute atomic E-state index is 11.7. The third-order valence-electron chi connectivity index (χ3n) is 5.69. The molecule has 3 fully saturated rings. The minimum Gasteiger partial charge on any atom is -0.469 e. The van der Waals surface area contributed by atoms with Gasteiger partial charge in [0, 0.05) is 38.3 Å². The first-order valence-corrected chi connectivity index (χ1v) is 8.43. The molecular formula is C16H28N2O3. The molecule has 3 aliphatic rings. The van der Waals surface area contributed by atoms with Crippen molar-refractivity contribution in [2.24, 2.45) is 5.92 Å². The fourth-order valence-corrected chi connectivity index (χ4v) is 4.45. The zero-order valence-corrected chi connectivity index (χ0v) is 13.0. The van der Waals surface area contributed by atoms with Crippen LogP contribution >= 0.6 is 0 Å². The molecule has 0 bridgehead atoms. The van der Waals surface area contributed by atoms with Crippen molar-refractivity contribution in [3.05, 3.63) is 0 Å². The molecule has 0 aromatic carbocycles. The van der Waals surface area contributed by atoms with Crippen LogP contribution in [0.2, 0.25) is 0 Å². The Kier molecular flexibility index (Phi) is 4.82. The third kappa shape index (κ3) is 3.25. The highest BCUT2D eigenvalue weighted by Crippen LogP contribution is 2.32. The van der Waals surface area contributed by atoms with Gasteiger partial charge in [0.25, 0.3) is 0 Å². The summed E-state index contributed by atoms with van der Waals surface area (Å²) in [5.74, 6) is -0.288. The lowest BCUT2D eigenvalue weighted by Gasteiger charge is -2.41. The van der Waals surface area contributed by atoms with Gasteiger partial charge in [-0.05, 0) is 25.7 Å². The molecule has 0 radical (unpaired) electrons. The van der Waals surface area contributed by atoms with Crippen molar-refractivity contribution in [3.8, 4) is 0 Å². The lowest BCUT2D eigenvalue weighted by molar-refractivity contribution is -0.145. The van der Waals surface area contributed by atoms with Crippen LogP contribution in [0.25, 0.3) is 0 Å². The smallest absolute Gasteiger partial charge is 0.308 e. The minimum atomic E-state index is -0.382. The highest BCUT2D eigenvalue weighted by molar-refractivity contribution is 5.72. The number of esters is 1. The van der Waals surface area contributed by atoms with Gasteiger partial charge in [-0.15, -0.1) is 0 Å². The number of hydrogen-bond donors (Lipinski definition) is 1. The van der Waals surface area contributed by atoms with Crippen LogP contribution in [0.3, 0.4) is 0 Å². The molecule has 1 heterocycles. The number of nitrogens with zero attached hydrogens (tertiary/aromatic N) is 2. The average Bonchev–Trinajstić information content (AvgIpc) is 3.16. The topological polar surface area (TPSA) is 53.0 Å². The van der Waals surface area contributed by atoms with Gasteiger partial charge in [-0.25, -0.2) is 0 Å². The van der Waals surface area contributed by atoms with E-state index in [0.717, 1.165) is 38.6 Å². The van der Waals surface area contributed by atoms with Crippen molar-refractivity contribution >= 4 is 5.97 Å². The molecule has 2 aliphatic carbocycles. The largest absolute Gasteiger partial charge is 0.469 e. The second-order valence-electron chi connectivity index (χ2n) is 6.84. The molecule has 1 aliphatic heterocycles. The van der Waals surface area contributed by atoms with Crippen molar-refractivity contribution < 1.29 is 14.6 Å². The van der Waals surface area contributed by atoms with Gasteiger partial charge in [0.1, 0.15) is 0 Å². The van der Waals surface area contributed by atoms with Gasteiger partial charge in [-0.1, -0.05) is 12.8 Å². The monoisotopic (exact) mass is 296 g/mol. The Morgan fingerprint density at radius 2 is 1.67 bits per heavy atom. The SMILES string of the molecule is COC(=O)C1CC(O)C(N2CCN(C3CCCC3)CC2)C1. The Balaban J connectivity index is 1.51. The number of ether oxygens (including phenoxy) is 1. The van der Waals surface area contributed by atoms with Crippen molar-refractivity contribution in [1.82, 2.24) is 9.80 Å². The number of aliphatic hydroxyl groups excluding tert-OH is 1. The van der Waals surface area contributed by atoms with Crippen LogP contribution in [0, 0.1) is 5.92 Å². The molecule has 0 aromatic heterocycles. The normalized spacial score (nSPS) is 36.2. The molecule has 0 aromatic rings. The predicted octanol–water partition coefficient (Wildman–Crippen LogP) is 0.859. The number of rotatable bonds is 3. The van der Waals surface area contributed by atoms with Crippen LogP contribution in [0.15, 0.2) is 0 Å². The van der Waals surface area contributed by atoms with Crippen LogP contribution in [-0.2, 0) is 9.53 Å². The number of carbonyl (C=O) groups is 1. The van der Waals surface area contributed by atoms with Gasteiger partial charge < -0.3 is 9.84 Å². The summed E-state index contributed by atoms with van der Waals surface area (Å²) in [5.41, 5.74) is 0. The van der Waals surface area contributed by atoms with Crippen LogP contribution in [-0.4, -0.2) is 72.4 Å². The van der Waals surface area contributed by atoms with Gasteiger partial charge in [-0.2, -0.15) is 0 Å². The Hall–Kier alpha value is -0.650. The number of carbonyl (C=O) groups excluding carboxylic acids is 1. The van der Waals surface area contributed by atoms with Crippen LogP contribution < -0.4 is 0 Å². The lowest BCUT2D eigenvalue weighted by atomic mass is 10.1. The van der Waals surface area contributed by atoms with Crippen molar-refractivity contribution in [2.45, 2.75) is 56.7 Å². The first kappa shape index (κ1) is 15.3. The lowest BCUT2D eigenvalue weighted by Crippen LogP contribution is -2.54. The van der Waals surface area contributed by atoms with Crippen LogP contribution in [0.1, 0.15) is 38.5 Å². The van der Waals surface area contributed by atoms with E-state index in [-0.39, 0.29) is 24.0 Å². The maximum atomic E-state index is 11.7. The fourth-order valence-electron chi connectivity index (χ4n) is 4.45. The third-order valence-corrected chi connectivity index (χ3v) is 5.69. The minimum absolute atomic E-state index is 0.122. The highest BCUT2D eigenvalue weighted by atomic mass is 16.5. The number of methoxy groups -OCH3 is 1. The molecule has 0 spiro atoms. The van der Waals surface area contributed by atoms with Crippen molar-refractivity contribution in [2.75, 3.05) is 33.3 Å². The Labute approximate surface area is 127 Å². The molecule has 1 saturated heterocycles. The van der Waals surface area contributed by atoms with E-state index in [0.29, 0.717) is 6.42 Å². The highest BCUT2D eigenvalue weighted by Gasteiger charge is 2.41. The van der Waals surface area contributed by atoms with E-state index >= 15 is 0 Å². The first-order chi connectivity index (χ1) is 10.2. The second-order valence-corrected chi connectivity index (χ2v) is 6.84. The summed E-state index contributed by atoms with van der Waals surface area (Å²) in [6, 6.07) is 0.934. The summed E-state index contributed by atoms with van der Waals surface area (Å²) < 4.78 is 4.83. The molecular weight excluding hydrogens is 268 g/mol. The molecule has 2 saturated carbocycles. The second kappa shape index (κ2) is 6.63. The molecule has 3 unspecified atom stereocenters. The molecule has 120 valence electrons. The fraction of sp³-hybridized carbons (Fsp3) is 0.938. The molecule has 3 rings (SSSR count). The Morgan fingerprint density at radius 3 is 2.29 bits per heavy atom. The number of hydrogen-bond acceptors (Lipinski definition) is 5. The van der Waals surface area contributed by atoms with Gasteiger partial charge in [-0.3, -0.25) is 14.6 Å². The maximum Gasteiger partial charge on any atom is 0.308 e. The van der Waals surface area contributed by atoms with E-state index < -0.39 is 0 Å². The number of piperazine rings is 1. The van der Waals surface area contributed by atoms with Gasteiger partial charge in [0.15, 0.2) is 0 Å². The standard InChI is InChI=1S/C16H28N2O3/c1-21-16(20)12-10-14(15(19)11-12)18-8-6-17(7-9-18)13-4-2-3-5-13/h12-15,19H,2-11H2,1H3. The molecule has 1 N–H and O–H groups in total. The van der Waals surface area contributed by atoms with Crippen LogP contribution in [0.4, 0.5) is 0 Å². The summed E-state index contributed by atoms with van der Waals surface area (Å²) in [6.45, 7) is 4.26. The van der Waals surface area contributed by atoms with E-state index in [1.807, 2.05) is 0 Å². The Morgan fingerprint density at radius 1 is 1.05 bits per heavy atom. The molecule has 5 heteroatoms. The molecule has 5 nitrogen and oxygen atoms in total. The van der Waals surface area contributed by atoms with Crippen molar-refractivity contribution in [1.29, 1.82) is 0 Å². The molecule has 21 heavy (non-hydrogen) atoms. The first-order valence-electron chi connectivity index (χ1n) is 8.43. The van der Waals surface area contributed by atoms with E-state index in [1.165, 1.54) is 32.8 Å². The van der Waals surface area contributed by atoms with Gasteiger partial charge in [0.05, 0.1) is 19.1 Å². The Bertz CT molecular complexity index is 363. The summed E-state index contributed by atoms with van der Waals surface area (Å²) >= 11 is 0. The zero-order chi connectivity index (χ0) is 14.8. The summed E-state index contributed by atoms with van der Waals surface area (Å²) in [4.78, 5) is 16.7. The molecule has 0 amide bonds. The average molecular weight is 296 g/mol. The zero-order valence-electron chi connectivity index (χ0n) is 13.0. The summed E-state index contributed by atoms with van der Waals surface area (Å²) in [7, 11) is 1.43. The van der Waals surface area contributed by atoms with E-state index in [1.54, 1.807) is 0 Å². The molecule has 3 atom stereocenters. The van der Waals surface area contributed by atoms with Crippen molar-refractivity contribution in [3.63, 3.8) is 0 Å². The predicted molar refractivity (Wildman–Crippen MR) is 79.9 cm³/mol. The van der Waals surface area contributed by atoms with E-state index in [2.05, 4.69) is 9.80 Å². The van der Waals surface area contributed by atoms with Gasteiger partial charge in [0.2, 0.25) is 0 Å². The summed E-state index contributed by atoms with van der Waals surface area (Å²) in [5, 5.41) is 10.3. The van der Waals surface area contributed by atoms with Gasteiger partial charge >= 0.3 is 5.97 Å². The van der Waals surface area contributed by atoms with E-state index in [4.69, 9.17) is 4.74 Å². The number of aliphatic hydroxyl groups is 1. The quantitative estimate of drug-likeness (QED) is 0.783. The van der Waals surface area contributed by atoms with Crippen LogP contribution in [0.5, 0.6) is 0 Å². The summed E-state index contributed by atoms with van der Waals surface area (Å²) in [6.07, 6.45) is 6.40. The van der Waals surface area contributed by atoms with E-state index in [9.17, 15) is 9.90 Å².